The number of benzene rings is 5. The predicted molar refractivity (Wildman–Crippen MR) is 131 cm³/mol. The van der Waals surface area contributed by atoms with Gasteiger partial charge in [-0.05, 0) is 69.8 Å². The molecular weight excluding hydrogens is 547 g/mol. The van der Waals surface area contributed by atoms with E-state index in [0.717, 1.165) is 47.0 Å². The number of hydrogen-bond acceptors (Lipinski definition) is 1. The molecule has 5 aromatic carbocycles. The molecule has 0 aliphatic heterocycles. The Labute approximate surface area is 220 Å². The lowest BCUT2D eigenvalue weighted by Gasteiger charge is -2.20. The summed E-state index contributed by atoms with van der Waals surface area (Å²) < 4.78 is 130. The predicted octanol–water partition coefficient (Wildman–Crippen LogP) is 9.26. The van der Waals surface area contributed by atoms with Crippen molar-refractivity contribution < 1.29 is 44.3 Å². The van der Waals surface area contributed by atoms with Crippen LogP contribution < -0.4 is 4.74 Å². The van der Waals surface area contributed by atoms with E-state index in [0.29, 0.717) is 11.6 Å². The van der Waals surface area contributed by atoms with Gasteiger partial charge in [0.25, 0.3) is 0 Å². The molecule has 0 aromatic heterocycles. The van der Waals surface area contributed by atoms with Crippen LogP contribution in [0.25, 0.3) is 32.7 Å². The lowest BCUT2D eigenvalue weighted by molar-refractivity contribution is -0.189. The molecule has 0 radical (unpaired) electrons. The zero-order valence-corrected chi connectivity index (χ0v) is 19.8. The number of hydrogen-bond donors (Lipinski definition) is 0. The van der Waals surface area contributed by atoms with Gasteiger partial charge in [-0.25, -0.2) is 17.6 Å². The summed E-state index contributed by atoms with van der Waals surface area (Å²) in [5, 5.41) is 0.820. The van der Waals surface area contributed by atoms with Gasteiger partial charge in [-0.3, -0.25) is 0 Å². The van der Waals surface area contributed by atoms with Gasteiger partial charge in [-0.15, -0.1) is 0 Å². The molecule has 0 amide bonds. The summed E-state index contributed by atoms with van der Waals surface area (Å²) in [6.45, 7) is 0. The highest BCUT2D eigenvalue weighted by Gasteiger charge is 2.41. The first-order valence-corrected chi connectivity index (χ1v) is 11.4. The van der Waals surface area contributed by atoms with Crippen LogP contribution in [-0.2, 0) is 6.11 Å². The van der Waals surface area contributed by atoms with Gasteiger partial charge < -0.3 is 4.74 Å². The minimum absolute atomic E-state index is 0.00128. The maximum Gasteiger partial charge on any atom is 0.458 e. The van der Waals surface area contributed by atoms with E-state index in [4.69, 9.17) is 0 Å². The normalized spacial score (nSPS) is 11.9. The molecule has 40 heavy (non-hydrogen) atoms. The minimum Gasteiger partial charge on any atom is -0.429 e. The molecule has 5 rings (SSSR count). The molecular formula is C30H13F9O. The molecule has 0 bridgehead atoms. The van der Waals surface area contributed by atoms with Crippen LogP contribution in [0.3, 0.4) is 0 Å². The van der Waals surface area contributed by atoms with Crippen LogP contribution in [0.2, 0.25) is 0 Å². The molecule has 10 heteroatoms. The van der Waals surface area contributed by atoms with Gasteiger partial charge in [0.1, 0.15) is 34.6 Å². The fourth-order valence-corrected chi connectivity index (χ4v) is 4.21. The molecule has 0 aliphatic carbocycles. The monoisotopic (exact) mass is 560 g/mol. The van der Waals surface area contributed by atoms with Crippen molar-refractivity contribution in [1.82, 2.24) is 0 Å². The third kappa shape index (κ3) is 5.27. The summed E-state index contributed by atoms with van der Waals surface area (Å²) in [4.78, 5) is 0. The summed E-state index contributed by atoms with van der Waals surface area (Å²) in [5.74, 6) is -4.73. The van der Waals surface area contributed by atoms with E-state index in [1.807, 2.05) is 12.1 Å². The number of ether oxygens (including phenoxy) is 1. The molecule has 0 saturated carbocycles. The number of halogens is 9. The van der Waals surface area contributed by atoms with Crippen molar-refractivity contribution in [2.45, 2.75) is 12.3 Å². The molecule has 0 fully saturated rings. The smallest absolute Gasteiger partial charge is 0.429 e. The van der Waals surface area contributed by atoms with Gasteiger partial charge in [0.2, 0.25) is 0 Å². The fraction of sp³-hybridized carbons (Fsp3) is 0.0667. The largest absolute Gasteiger partial charge is 0.458 e. The Balaban J connectivity index is 1.47. The molecule has 0 heterocycles. The first kappa shape index (κ1) is 26.9. The highest BCUT2D eigenvalue weighted by atomic mass is 19.4. The lowest BCUT2D eigenvalue weighted by Crippen LogP contribution is -2.25. The van der Waals surface area contributed by atoms with Crippen molar-refractivity contribution in [3.8, 4) is 28.7 Å². The SMILES string of the molecule is Fc1cc2cc(OC(F)(F)c3c(F)cc(-c4ccc5ccccc5c4)cc3F)ccc2c(F)c1C#CC(F)(F)F. The second kappa shape index (κ2) is 9.83. The van der Waals surface area contributed by atoms with Gasteiger partial charge in [0.15, 0.2) is 0 Å². The number of rotatable bonds is 4. The van der Waals surface area contributed by atoms with Crippen molar-refractivity contribution >= 4 is 21.5 Å². The van der Waals surface area contributed by atoms with Crippen LogP contribution in [0.1, 0.15) is 11.1 Å². The average Bonchev–Trinajstić information content (AvgIpc) is 2.86. The molecule has 0 spiro atoms. The molecule has 202 valence electrons. The standard InChI is InChI=1S/C30H13F9O/c31-24-15-20-12-21(7-8-22(20)28(34)23(24)9-10-29(35,36)37)40-30(38,39)27-25(32)13-19(14-26(27)33)18-6-5-16-3-1-2-4-17(16)11-18/h1-8,11-15H. The quantitative estimate of drug-likeness (QED) is 0.157. The highest BCUT2D eigenvalue weighted by Crippen LogP contribution is 2.38. The van der Waals surface area contributed by atoms with Gasteiger partial charge in [-0.1, -0.05) is 42.3 Å². The van der Waals surface area contributed by atoms with Crippen LogP contribution in [0.15, 0.2) is 78.9 Å². The van der Waals surface area contributed by atoms with Gasteiger partial charge in [0.05, 0.1) is 5.56 Å². The second-order valence-corrected chi connectivity index (χ2v) is 8.67. The van der Waals surface area contributed by atoms with E-state index in [2.05, 4.69) is 4.74 Å². The maximum atomic E-state index is 15.0. The van der Waals surface area contributed by atoms with Crippen molar-refractivity contribution in [3.05, 3.63) is 113 Å². The first-order valence-electron chi connectivity index (χ1n) is 11.4. The Morgan fingerprint density at radius 2 is 1.27 bits per heavy atom. The molecule has 5 aromatic rings. The topological polar surface area (TPSA) is 9.23 Å². The van der Waals surface area contributed by atoms with Gasteiger partial charge in [-0.2, -0.15) is 22.0 Å². The number of fused-ring (bicyclic) bond motifs is 2. The maximum absolute atomic E-state index is 15.0. The van der Waals surface area contributed by atoms with Crippen LogP contribution in [-0.4, -0.2) is 6.18 Å². The Kier molecular flexibility index (Phi) is 6.62. The molecule has 1 nitrogen and oxygen atoms in total. The number of alkyl halides is 5. The third-order valence-electron chi connectivity index (χ3n) is 5.99. The van der Waals surface area contributed by atoms with Crippen LogP contribution >= 0.6 is 0 Å². The molecule has 0 unspecified atom stereocenters. The summed E-state index contributed by atoms with van der Waals surface area (Å²) in [6.07, 6.45) is -9.56. The molecule has 0 saturated heterocycles. The first-order chi connectivity index (χ1) is 18.8. The van der Waals surface area contributed by atoms with Crippen molar-refractivity contribution in [2.75, 3.05) is 0 Å². The van der Waals surface area contributed by atoms with Crippen LogP contribution in [0.4, 0.5) is 39.5 Å². The van der Waals surface area contributed by atoms with Crippen LogP contribution in [0.5, 0.6) is 5.75 Å². The van der Waals surface area contributed by atoms with Gasteiger partial charge >= 0.3 is 12.3 Å². The van der Waals surface area contributed by atoms with Crippen molar-refractivity contribution in [2.24, 2.45) is 0 Å². The lowest BCUT2D eigenvalue weighted by atomic mass is 9.99. The summed E-state index contributed by atoms with van der Waals surface area (Å²) in [5.41, 5.74) is -2.47. The van der Waals surface area contributed by atoms with E-state index in [1.165, 1.54) is 5.92 Å². The third-order valence-corrected chi connectivity index (χ3v) is 5.99. The Hall–Kier alpha value is -4.65. The van der Waals surface area contributed by atoms with Crippen molar-refractivity contribution in [1.29, 1.82) is 0 Å². The minimum atomic E-state index is -5.00. The van der Waals surface area contributed by atoms with Crippen molar-refractivity contribution in [3.63, 3.8) is 0 Å². The summed E-state index contributed by atoms with van der Waals surface area (Å²) in [7, 11) is 0. The van der Waals surface area contributed by atoms with E-state index in [-0.39, 0.29) is 10.9 Å². The molecule has 0 atom stereocenters. The zero-order valence-electron chi connectivity index (χ0n) is 19.8. The Morgan fingerprint density at radius 3 is 1.95 bits per heavy atom. The average molecular weight is 560 g/mol. The molecule has 0 N–H and O–H groups in total. The summed E-state index contributed by atoms with van der Waals surface area (Å²) >= 11 is 0. The Bertz CT molecular complexity index is 1820. The second-order valence-electron chi connectivity index (χ2n) is 8.67. The molecule has 0 aliphatic rings. The van der Waals surface area contributed by atoms with Gasteiger partial charge in [0, 0.05) is 11.3 Å². The van der Waals surface area contributed by atoms with E-state index in [9.17, 15) is 39.5 Å². The fourth-order valence-electron chi connectivity index (χ4n) is 4.21. The Morgan fingerprint density at radius 1 is 0.600 bits per heavy atom. The van der Waals surface area contributed by atoms with E-state index < -0.39 is 57.8 Å². The van der Waals surface area contributed by atoms with E-state index >= 15 is 0 Å². The highest BCUT2D eigenvalue weighted by molar-refractivity contribution is 5.88. The van der Waals surface area contributed by atoms with E-state index in [1.54, 1.807) is 30.3 Å². The zero-order chi connectivity index (χ0) is 28.8. The van der Waals surface area contributed by atoms with Crippen LogP contribution in [0, 0.1) is 35.1 Å². The summed E-state index contributed by atoms with van der Waals surface area (Å²) in [6, 6.07) is 16.5.